The summed E-state index contributed by atoms with van der Waals surface area (Å²) in [7, 11) is 1.26. The normalized spacial score (nSPS) is 14.1. The second kappa shape index (κ2) is 58.8. The van der Waals surface area contributed by atoms with E-state index in [1.54, 1.807) is 6.08 Å². The minimum Gasteiger partial charge on any atom is -0.756 e. The van der Waals surface area contributed by atoms with E-state index in [9.17, 15) is 19.4 Å². The minimum absolute atomic E-state index is 0.00326. The molecule has 0 aliphatic carbocycles. The number of aliphatic hydroxyl groups excluding tert-OH is 1. The van der Waals surface area contributed by atoms with E-state index in [1.807, 2.05) is 27.2 Å². The number of amides is 1. The fourth-order valence-corrected chi connectivity index (χ4v) is 10.6. The van der Waals surface area contributed by atoms with Crippen molar-refractivity contribution in [1.29, 1.82) is 0 Å². The van der Waals surface area contributed by atoms with Gasteiger partial charge in [0.2, 0.25) is 5.91 Å². The van der Waals surface area contributed by atoms with Crippen molar-refractivity contribution in [3.05, 3.63) is 60.8 Å². The molecule has 0 saturated heterocycles. The number of nitrogens with one attached hydrogen (secondary N) is 1. The molecule has 0 aromatic rings. The maximum Gasteiger partial charge on any atom is 0.268 e. The van der Waals surface area contributed by atoms with Crippen molar-refractivity contribution in [1.82, 2.24) is 5.32 Å². The van der Waals surface area contributed by atoms with Crippen LogP contribution in [-0.4, -0.2) is 68.5 Å². The van der Waals surface area contributed by atoms with Crippen LogP contribution in [-0.2, 0) is 18.4 Å². The average molecular weight is 1100 g/mol. The van der Waals surface area contributed by atoms with E-state index >= 15 is 0 Å². The average Bonchev–Trinajstić information content (AvgIpc) is 3.39. The molecular formula is C68H129N2O6P. The van der Waals surface area contributed by atoms with E-state index < -0.39 is 20.0 Å². The van der Waals surface area contributed by atoms with Gasteiger partial charge in [-0.1, -0.05) is 312 Å². The van der Waals surface area contributed by atoms with Gasteiger partial charge in [0.05, 0.1) is 39.9 Å². The van der Waals surface area contributed by atoms with Crippen LogP contribution in [0, 0.1) is 0 Å². The van der Waals surface area contributed by atoms with Crippen LogP contribution in [0.15, 0.2) is 60.8 Å². The lowest BCUT2D eigenvalue weighted by Crippen LogP contribution is -2.45. The molecule has 0 rings (SSSR count). The number of unbranched alkanes of at least 4 members (excludes halogenated alkanes) is 40. The van der Waals surface area contributed by atoms with Gasteiger partial charge >= 0.3 is 0 Å². The summed E-state index contributed by atoms with van der Waals surface area (Å²) in [6.07, 6.45) is 80.4. The van der Waals surface area contributed by atoms with E-state index in [2.05, 4.69) is 67.8 Å². The third-order valence-electron chi connectivity index (χ3n) is 15.0. The summed E-state index contributed by atoms with van der Waals surface area (Å²) in [4.78, 5) is 25.6. The molecule has 0 aromatic heterocycles. The van der Waals surface area contributed by atoms with Crippen molar-refractivity contribution < 1.29 is 32.9 Å². The second-order valence-electron chi connectivity index (χ2n) is 23.8. The van der Waals surface area contributed by atoms with Crippen molar-refractivity contribution in [2.24, 2.45) is 0 Å². The molecule has 0 heterocycles. The number of aliphatic hydroxyl groups is 1. The van der Waals surface area contributed by atoms with E-state index in [-0.39, 0.29) is 19.1 Å². The van der Waals surface area contributed by atoms with Crippen LogP contribution in [0.2, 0.25) is 0 Å². The Labute approximate surface area is 479 Å². The monoisotopic (exact) mass is 1100 g/mol. The lowest BCUT2D eigenvalue weighted by atomic mass is 10.0. The number of allylic oxidation sites excluding steroid dienone is 9. The third kappa shape index (κ3) is 61.7. The molecule has 0 aromatic carbocycles. The first-order chi connectivity index (χ1) is 37.5. The lowest BCUT2D eigenvalue weighted by Gasteiger charge is -2.29. The first-order valence-corrected chi connectivity index (χ1v) is 34.6. The molecule has 3 atom stereocenters. The highest BCUT2D eigenvalue weighted by atomic mass is 31.2. The summed E-state index contributed by atoms with van der Waals surface area (Å²) in [5, 5.41) is 13.9. The fourth-order valence-electron chi connectivity index (χ4n) is 9.85. The van der Waals surface area contributed by atoms with Gasteiger partial charge < -0.3 is 28.8 Å². The number of phosphoric ester groups is 1. The van der Waals surface area contributed by atoms with Gasteiger partial charge in [0.25, 0.3) is 7.82 Å². The van der Waals surface area contributed by atoms with E-state index in [1.165, 1.54) is 231 Å². The predicted octanol–water partition coefficient (Wildman–Crippen LogP) is 20.2. The van der Waals surface area contributed by atoms with Gasteiger partial charge in [0.1, 0.15) is 13.2 Å². The fraction of sp³-hybridized carbons (Fsp3) is 0.838. The maximum absolute atomic E-state index is 13.0. The number of likely N-dealkylation sites (N-methyl/N-ethyl adjacent to an activating group) is 1. The van der Waals surface area contributed by atoms with Crippen molar-refractivity contribution in [2.75, 3.05) is 40.9 Å². The highest BCUT2D eigenvalue weighted by Gasteiger charge is 2.23. The Morgan fingerprint density at radius 3 is 1.16 bits per heavy atom. The number of carbonyl (C=O) groups excluding carboxylic acids is 1. The van der Waals surface area contributed by atoms with Gasteiger partial charge in [-0.2, -0.15) is 0 Å². The zero-order chi connectivity index (χ0) is 56.3. The van der Waals surface area contributed by atoms with Gasteiger partial charge in [-0.15, -0.1) is 0 Å². The Morgan fingerprint density at radius 1 is 0.468 bits per heavy atom. The standard InChI is InChI=1S/C68H129N2O6P/c1-6-8-10-12-14-16-18-20-22-24-26-28-30-31-32-33-34-35-36-37-38-40-41-43-45-47-49-51-53-55-57-59-61-67(71)66(65-76-77(73,74)75-64-63-70(3,4)5)69-68(72)62-60-58-56-54-52-50-48-46-44-42-39-29-27-25-23-21-19-17-15-13-11-9-7-2/h9,11,15,17,21,23,27,29,59,61,66-67,71H,6-8,10,12-14,16,18-20,22,24-26,28,30-58,60,62-65H2,1-5H3,(H-,69,72,73,74)/b11-9-,17-15-,23-21-,29-27-,61-59+. The van der Waals surface area contributed by atoms with Crippen LogP contribution in [0.5, 0.6) is 0 Å². The molecule has 0 saturated carbocycles. The number of rotatable bonds is 61. The lowest BCUT2D eigenvalue weighted by molar-refractivity contribution is -0.870. The first kappa shape index (κ1) is 75.2. The van der Waals surface area contributed by atoms with Crippen LogP contribution in [0.25, 0.3) is 0 Å². The Hall–Kier alpha value is -1.80. The molecule has 8 nitrogen and oxygen atoms in total. The molecule has 0 bridgehead atoms. The van der Waals surface area contributed by atoms with Crippen LogP contribution in [0.4, 0.5) is 0 Å². The summed E-state index contributed by atoms with van der Waals surface area (Å²) >= 11 is 0. The number of phosphoric acid groups is 1. The largest absolute Gasteiger partial charge is 0.756 e. The molecule has 77 heavy (non-hydrogen) atoms. The van der Waals surface area contributed by atoms with E-state index in [0.29, 0.717) is 17.4 Å². The van der Waals surface area contributed by atoms with Gasteiger partial charge in [-0.05, 0) is 57.8 Å². The maximum atomic E-state index is 13.0. The topological polar surface area (TPSA) is 108 Å². The number of hydrogen-bond donors (Lipinski definition) is 2. The molecule has 2 N–H and O–H groups in total. The second-order valence-corrected chi connectivity index (χ2v) is 25.2. The Bertz CT molecular complexity index is 1440. The predicted molar refractivity (Wildman–Crippen MR) is 334 cm³/mol. The number of nitrogens with zero attached hydrogens (tertiary/aromatic N) is 1. The molecule has 0 fully saturated rings. The summed E-state index contributed by atoms with van der Waals surface area (Å²) in [6, 6.07) is -0.893. The van der Waals surface area contributed by atoms with Gasteiger partial charge in [-0.3, -0.25) is 9.36 Å². The van der Waals surface area contributed by atoms with Crippen LogP contribution in [0.1, 0.15) is 316 Å². The van der Waals surface area contributed by atoms with Crippen molar-refractivity contribution >= 4 is 13.7 Å². The smallest absolute Gasteiger partial charge is 0.268 e. The number of hydrogen-bond acceptors (Lipinski definition) is 6. The zero-order valence-electron chi connectivity index (χ0n) is 51.7. The van der Waals surface area contributed by atoms with Crippen LogP contribution >= 0.6 is 7.82 Å². The van der Waals surface area contributed by atoms with Crippen molar-refractivity contribution in [3.8, 4) is 0 Å². The molecule has 0 spiro atoms. The number of quaternary nitrogens is 1. The highest BCUT2D eigenvalue weighted by molar-refractivity contribution is 7.45. The van der Waals surface area contributed by atoms with Crippen molar-refractivity contribution in [3.63, 3.8) is 0 Å². The van der Waals surface area contributed by atoms with Gasteiger partial charge in [0.15, 0.2) is 0 Å². The molecule has 452 valence electrons. The molecule has 9 heteroatoms. The molecule has 3 unspecified atom stereocenters. The van der Waals surface area contributed by atoms with Gasteiger partial charge in [-0.25, -0.2) is 0 Å². The third-order valence-corrected chi connectivity index (χ3v) is 15.9. The summed E-state index contributed by atoms with van der Waals surface area (Å²) in [5.41, 5.74) is 0. The van der Waals surface area contributed by atoms with E-state index in [0.717, 1.165) is 64.2 Å². The van der Waals surface area contributed by atoms with Crippen molar-refractivity contribution in [2.45, 2.75) is 328 Å². The highest BCUT2D eigenvalue weighted by Crippen LogP contribution is 2.38. The van der Waals surface area contributed by atoms with Gasteiger partial charge in [0, 0.05) is 6.42 Å². The van der Waals surface area contributed by atoms with Crippen LogP contribution in [0.3, 0.4) is 0 Å². The first-order valence-electron chi connectivity index (χ1n) is 33.2. The molecule has 0 aliphatic rings. The molecule has 0 aliphatic heterocycles. The zero-order valence-corrected chi connectivity index (χ0v) is 52.6. The summed E-state index contributed by atoms with van der Waals surface area (Å²) < 4.78 is 23.4. The van der Waals surface area contributed by atoms with Crippen LogP contribution < -0.4 is 10.2 Å². The molecule has 0 radical (unpaired) electrons. The Kier molecular flexibility index (Phi) is 57.5. The Morgan fingerprint density at radius 2 is 0.792 bits per heavy atom. The summed E-state index contributed by atoms with van der Waals surface area (Å²) in [5.74, 6) is -0.200. The minimum atomic E-state index is -4.61. The molecular weight excluding hydrogens is 972 g/mol. The quantitative estimate of drug-likeness (QED) is 0.0272. The molecule has 1 amide bonds. The number of carbonyl (C=O) groups is 1. The SMILES string of the molecule is CC/C=C\C/C=C\C/C=C\C/C=C\CCCCCCCCCCCCC(=O)NC(COP(=O)([O-])OCC[N+](C)(C)C)C(O)/C=C/CCCCCCCCCCCCCCCCCCCCCCCCCCCCCCCC. The Balaban J connectivity index is 4.09. The summed E-state index contributed by atoms with van der Waals surface area (Å²) in [6.45, 7) is 4.57. The van der Waals surface area contributed by atoms with E-state index in [4.69, 9.17) is 9.05 Å².